The molecule has 0 aliphatic carbocycles. The molecule has 0 spiro atoms. The molecule has 0 bridgehead atoms. The zero-order valence-corrected chi connectivity index (χ0v) is 7.71. The van der Waals surface area contributed by atoms with Gasteiger partial charge in [-0.05, 0) is 13.0 Å². The molecule has 12 heavy (non-hydrogen) atoms. The number of rotatable bonds is 5. The maximum Gasteiger partial charge on any atom is 0.149 e. The fourth-order valence-electron chi connectivity index (χ4n) is 0.573. The Morgan fingerprint density at radius 3 is 2.42 bits per heavy atom. The number of hydrogen-bond donors (Lipinski definition) is 0. The van der Waals surface area contributed by atoms with Crippen LogP contribution in [-0.2, 0) is 4.79 Å². The Hall–Kier alpha value is -1.31. The lowest BCUT2D eigenvalue weighted by atomic mass is 10.3. The van der Waals surface area contributed by atoms with Gasteiger partial charge in [-0.3, -0.25) is 4.79 Å². The molecule has 0 fully saturated rings. The van der Waals surface area contributed by atoms with Crippen LogP contribution < -0.4 is 0 Å². The fourth-order valence-corrected chi connectivity index (χ4v) is 0.573. The van der Waals surface area contributed by atoms with E-state index in [9.17, 15) is 4.79 Å². The normalized spacial score (nSPS) is 9.83. The molecule has 0 atom stereocenters. The van der Waals surface area contributed by atoms with Crippen molar-refractivity contribution in [3.05, 3.63) is 36.6 Å². The summed E-state index contributed by atoms with van der Waals surface area (Å²) in [4.78, 5) is 12.1. The second kappa shape index (κ2) is 5.35. The Morgan fingerprint density at radius 1 is 1.42 bits per heavy atom. The van der Waals surface area contributed by atoms with Gasteiger partial charge in [0.25, 0.3) is 0 Å². The van der Waals surface area contributed by atoms with Gasteiger partial charge in [0.2, 0.25) is 0 Å². The van der Waals surface area contributed by atoms with Crippen LogP contribution in [0.2, 0.25) is 0 Å². The molecule has 66 valence electrons. The van der Waals surface area contributed by atoms with Crippen LogP contribution in [0.25, 0.3) is 0 Å². The largest absolute Gasteiger partial charge is 0.375 e. The molecule has 2 heteroatoms. The van der Waals surface area contributed by atoms with E-state index in [4.69, 9.17) is 0 Å². The van der Waals surface area contributed by atoms with Crippen LogP contribution in [0.5, 0.6) is 0 Å². The van der Waals surface area contributed by atoms with Crippen LogP contribution >= 0.6 is 0 Å². The highest BCUT2D eigenvalue weighted by molar-refractivity contribution is 5.76. The standard InChI is InChI=1S/C10H15NO/c1-5-11(4)10(3)7-6-9(2)8-12/h6-8H,2-3,5H2,1,4H3/b7-6-. The minimum atomic E-state index is 0.459. The van der Waals surface area contributed by atoms with Gasteiger partial charge >= 0.3 is 0 Å². The van der Waals surface area contributed by atoms with E-state index in [0.29, 0.717) is 5.57 Å². The van der Waals surface area contributed by atoms with E-state index in [1.165, 1.54) is 0 Å². The second-order valence-electron chi connectivity index (χ2n) is 2.53. The average Bonchev–Trinajstić information content (AvgIpc) is 2.11. The van der Waals surface area contributed by atoms with E-state index in [1.54, 1.807) is 12.2 Å². The quantitative estimate of drug-likeness (QED) is 0.351. The third kappa shape index (κ3) is 3.76. The second-order valence-corrected chi connectivity index (χ2v) is 2.53. The van der Waals surface area contributed by atoms with E-state index in [0.717, 1.165) is 18.5 Å². The van der Waals surface area contributed by atoms with Gasteiger partial charge in [0, 0.05) is 24.9 Å². The zero-order valence-electron chi connectivity index (χ0n) is 7.71. The van der Waals surface area contributed by atoms with Crippen molar-refractivity contribution in [3.63, 3.8) is 0 Å². The Morgan fingerprint density at radius 2 is 2.00 bits per heavy atom. The lowest BCUT2D eigenvalue weighted by Gasteiger charge is -2.15. The third-order valence-electron chi connectivity index (χ3n) is 1.61. The highest BCUT2D eigenvalue weighted by Crippen LogP contribution is 2.00. The van der Waals surface area contributed by atoms with E-state index in [2.05, 4.69) is 13.2 Å². The van der Waals surface area contributed by atoms with Crippen LogP contribution in [0.4, 0.5) is 0 Å². The zero-order chi connectivity index (χ0) is 9.56. The highest BCUT2D eigenvalue weighted by Gasteiger charge is 1.92. The molecular formula is C10H15NO. The third-order valence-corrected chi connectivity index (χ3v) is 1.61. The summed E-state index contributed by atoms with van der Waals surface area (Å²) in [6, 6.07) is 0. The molecule has 0 N–H and O–H groups in total. The van der Waals surface area contributed by atoms with Crippen molar-refractivity contribution in [2.24, 2.45) is 0 Å². The van der Waals surface area contributed by atoms with Crippen molar-refractivity contribution < 1.29 is 4.79 Å². The Balaban J connectivity index is 4.08. The van der Waals surface area contributed by atoms with E-state index < -0.39 is 0 Å². The molecule has 0 saturated heterocycles. The van der Waals surface area contributed by atoms with Crippen LogP contribution in [0.1, 0.15) is 6.92 Å². The molecule has 0 rings (SSSR count). The molecule has 2 nitrogen and oxygen atoms in total. The summed E-state index contributed by atoms with van der Waals surface area (Å²) in [5.74, 6) is 0. The number of hydrogen-bond acceptors (Lipinski definition) is 2. The average molecular weight is 165 g/mol. The minimum absolute atomic E-state index is 0.459. The number of allylic oxidation sites excluding steroid dienone is 3. The number of nitrogens with zero attached hydrogens (tertiary/aromatic N) is 1. The maximum atomic E-state index is 10.2. The highest BCUT2D eigenvalue weighted by atomic mass is 16.1. The summed E-state index contributed by atoms with van der Waals surface area (Å²) in [5.41, 5.74) is 1.33. The lowest BCUT2D eigenvalue weighted by Crippen LogP contribution is -2.14. The van der Waals surface area contributed by atoms with Crippen molar-refractivity contribution in [3.8, 4) is 0 Å². The molecule has 0 aromatic carbocycles. The van der Waals surface area contributed by atoms with E-state index in [1.807, 2.05) is 18.9 Å². The topological polar surface area (TPSA) is 20.3 Å². The predicted molar refractivity (Wildman–Crippen MR) is 51.8 cm³/mol. The molecule has 0 aliphatic heterocycles. The molecular weight excluding hydrogens is 150 g/mol. The van der Waals surface area contributed by atoms with Crippen molar-refractivity contribution in [1.82, 2.24) is 4.90 Å². The Bertz CT molecular complexity index is 216. The number of carbonyl (C=O) groups excluding carboxylic acids is 1. The van der Waals surface area contributed by atoms with Gasteiger partial charge in [-0.15, -0.1) is 0 Å². The lowest BCUT2D eigenvalue weighted by molar-refractivity contribution is -0.104. The molecule has 0 heterocycles. The monoisotopic (exact) mass is 165 g/mol. The van der Waals surface area contributed by atoms with Gasteiger partial charge < -0.3 is 4.90 Å². The number of likely N-dealkylation sites (N-methyl/N-ethyl adjacent to an activating group) is 1. The fraction of sp³-hybridized carbons (Fsp3) is 0.300. The summed E-state index contributed by atoms with van der Waals surface area (Å²) in [6.45, 7) is 10.3. The first-order chi connectivity index (χ1) is 5.61. The molecule has 0 radical (unpaired) electrons. The van der Waals surface area contributed by atoms with Crippen LogP contribution in [0, 0.1) is 0 Å². The maximum absolute atomic E-state index is 10.2. The van der Waals surface area contributed by atoms with Gasteiger partial charge in [0.05, 0.1) is 0 Å². The SMILES string of the molecule is C=C(C=O)/C=C\C(=C)N(C)CC. The molecule has 0 aromatic rings. The van der Waals surface area contributed by atoms with E-state index >= 15 is 0 Å². The summed E-state index contributed by atoms with van der Waals surface area (Å²) < 4.78 is 0. The Kier molecular flexibility index (Phi) is 4.77. The van der Waals surface area contributed by atoms with E-state index in [-0.39, 0.29) is 0 Å². The first kappa shape index (κ1) is 10.7. The van der Waals surface area contributed by atoms with Gasteiger partial charge in [0.15, 0.2) is 0 Å². The smallest absolute Gasteiger partial charge is 0.149 e. The minimum Gasteiger partial charge on any atom is -0.375 e. The van der Waals surface area contributed by atoms with Gasteiger partial charge in [-0.1, -0.05) is 19.2 Å². The number of aldehydes is 1. The molecule has 0 unspecified atom stereocenters. The summed E-state index contributed by atoms with van der Waals surface area (Å²) in [7, 11) is 1.94. The van der Waals surface area contributed by atoms with Gasteiger partial charge in [-0.2, -0.15) is 0 Å². The van der Waals surface area contributed by atoms with Gasteiger partial charge in [0.1, 0.15) is 6.29 Å². The first-order valence-electron chi connectivity index (χ1n) is 3.84. The molecule has 0 saturated carbocycles. The summed E-state index contributed by atoms with van der Waals surface area (Å²) in [5, 5.41) is 0. The number of carbonyl (C=O) groups is 1. The van der Waals surface area contributed by atoms with Crippen molar-refractivity contribution in [2.45, 2.75) is 6.92 Å². The van der Waals surface area contributed by atoms with Crippen LogP contribution in [0.15, 0.2) is 36.6 Å². The summed E-state index contributed by atoms with van der Waals surface area (Å²) >= 11 is 0. The first-order valence-corrected chi connectivity index (χ1v) is 3.84. The van der Waals surface area contributed by atoms with Crippen molar-refractivity contribution >= 4 is 6.29 Å². The van der Waals surface area contributed by atoms with Crippen LogP contribution in [0.3, 0.4) is 0 Å². The van der Waals surface area contributed by atoms with Gasteiger partial charge in [-0.25, -0.2) is 0 Å². The molecule has 0 aromatic heterocycles. The van der Waals surface area contributed by atoms with Crippen LogP contribution in [-0.4, -0.2) is 24.8 Å². The Labute approximate surface area is 73.9 Å². The molecule has 0 amide bonds. The summed E-state index contributed by atoms with van der Waals surface area (Å²) in [6.07, 6.45) is 4.15. The van der Waals surface area contributed by atoms with Crippen molar-refractivity contribution in [1.29, 1.82) is 0 Å². The van der Waals surface area contributed by atoms with Crippen molar-refractivity contribution in [2.75, 3.05) is 13.6 Å². The molecule has 0 aliphatic rings. The predicted octanol–water partition coefficient (Wildman–Crippen LogP) is 1.76.